The van der Waals surface area contributed by atoms with Gasteiger partial charge in [-0.25, -0.2) is 4.98 Å². The molecule has 150 valence electrons. The van der Waals surface area contributed by atoms with E-state index in [0.29, 0.717) is 37.7 Å². The van der Waals surface area contributed by atoms with Crippen LogP contribution in [-0.2, 0) is 11.0 Å². The first-order valence-corrected chi connectivity index (χ1v) is 9.04. The number of anilines is 1. The molecule has 1 aliphatic heterocycles. The number of ether oxygens (including phenoxy) is 1. The molecule has 0 spiro atoms. The summed E-state index contributed by atoms with van der Waals surface area (Å²) in [6.45, 7) is 5.59. The number of piperazine rings is 1. The molecule has 5 nitrogen and oxygen atoms in total. The molecule has 28 heavy (non-hydrogen) atoms. The Balaban J connectivity index is 1.55. The lowest BCUT2D eigenvalue weighted by atomic mass is 10.2. The normalized spacial score (nSPS) is 16.0. The lowest BCUT2D eigenvalue weighted by Gasteiger charge is -2.36. The van der Waals surface area contributed by atoms with Gasteiger partial charge in [-0.05, 0) is 43.7 Å². The second-order valence-corrected chi connectivity index (χ2v) is 6.79. The van der Waals surface area contributed by atoms with Gasteiger partial charge in [-0.2, -0.15) is 13.2 Å². The predicted molar refractivity (Wildman–Crippen MR) is 99.3 cm³/mol. The molecule has 2 aromatic rings. The molecule has 3 rings (SSSR count). The number of carbonyl (C=O) groups excluding carboxylic acids is 1. The van der Waals surface area contributed by atoms with E-state index < -0.39 is 17.8 Å². The summed E-state index contributed by atoms with van der Waals surface area (Å²) in [6.07, 6.45) is -4.17. The molecule has 8 heteroatoms. The van der Waals surface area contributed by atoms with Crippen molar-refractivity contribution in [2.24, 2.45) is 0 Å². The van der Waals surface area contributed by atoms with E-state index in [9.17, 15) is 18.0 Å². The molecule has 0 unspecified atom stereocenters. The number of carbonyl (C=O) groups is 1. The summed E-state index contributed by atoms with van der Waals surface area (Å²) in [7, 11) is 0. The smallest absolute Gasteiger partial charge is 0.417 e. The fourth-order valence-corrected chi connectivity index (χ4v) is 3.10. The average molecular weight is 393 g/mol. The van der Waals surface area contributed by atoms with Crippen LogP contribution < -0.4 is 9.64 Å². The van der Waals surface area contributed by atoms with Crippen LogP contribution in [0.3, 0.4) is 0 Å². The van der Waals surface area contributed by atoms with Gasteiger partial charge in [0.1, 0.15) is 11.6 Å². The molecule has 2 heterocycles. The zero-order valence-electron chi connectivity index (χ0n) is 15.7. The van der Waals surface area contributed by atoms with E-state index in [4.69, 9.17) is 4.74 Å². The summed E-state index contributed by atoms with van der Waals surface area (Å²) in [4.78, 5) is 20.1. The third-order valence-electron chi connectivity index (χ3n) is 4.64. The SMILES string of the molecule is Cc1cccc(O[C@H](C)C(=O)N2CCN(c3ccc(C(F)(F)F)cn3)CC2)c1. The lowest BCUT2D eigenvalue weighted by Crippen LogP contribution is -2.52. The molecule has 0 radical (unpaired) electrons. The van der Waals surface area contributed by atoms with Crippen molar-refractivity contribution >= 4 is 11.7 Å². The van der Waals surface area contributed by atoms with Crippen LogP contribution >= 0.6 is 0 Å². The van der Waals surface area contributed by atoms with Gasteiger partial charge in [-0.15, -0.1) is 0 Å². The average Bonchev–Trinajstić information content (AvgIpc) is 2.67. The Morgan fingerprint density at radius 3 is 2.43 bits per heavy atom. The molecular formula is C20H22F3N3O2. The highest BCUT2D eigenvalue weighted by Crippen LogP contribution is 2.29. The summed E-state index contributed by atoms with van der Waals surface area (Å²) in [5, 5.41) is 0. The molecule has 1 fully saturated rings. The number of amides is 1. The number of rotatable bonds is 4. The van der Waals surface area contributed by atoms with Crippen molar-refractivity contribution in [3.8, 4) is 5.75 Å². The predicted octanol–water partition coefficient (Wildman–Crippen LogP) is 3.52. The quantitative estimate of drug-likeness (QED) is 0.797. The van der Waals surface area contributed by atoms with E-state index in [1.807, 2.05) is 36.1 Å². The minimum atomic E-state index is -4.40. The maximum Gasteiger partial charge on any atom is 0.417 e. The monoisotopic (exact) mass is 393 g/mol. The molecule has 0 N–H and O–H groups in total. The summed E-state index contributed by atoms with van der Waals surface area (Å²) < 4.78 is 43.7. The molecule has 0 saturated carbocycles. The van der Waals surface area contributed by atoms with Crippen LogP contribution in [0.15, 0.2) is 42.6 Å². The first-order valence-electron chi connectivity index (χ1n) is 9.04. The molecule has 1 aromatic heterocycles. The third kappa shape index (κ3) is 4.74. The van der Waals surface area contributed by atoms with Gasteiger partial charge < -0.3 is 14.5 Å². The largest absolute Gasteiger partial charge is 0.481 e. The number of aryl methyl sites for hydroxylation is 1. The molecule has 1 saturated heterocycles. The van der Waals surface area contributed by atoms with Crippen molar-refractivity contribution in [3.05, 3.63) is 53.7 Å². The van der Waals surface area contributed by atoms with Crippen LogP contribution in [0.2, 0.25) is 0 Å². The first-order chi connectivity index (χ1) is 13.2. The van der Waals surface area contributed by atoms with Gasteiger partial charge in [0.2, 0.25) is 0 Å². The fourth-order valence-electron chi connectivity index (χ4n) is 3.10. The maximum absolute atomic E-state index is 12.6. The van der Waals surface area contributed by atoms with E-state index in [0.717, 1.165) is 17.8 Å². The molecule has 0 bridgehead atoms. The van der Waals surface area contributed by atoms with Crippen molar-refractivity contribution in [2.75, 3.05) is 31.1 Å². The Morgan fingerprint density at radius 1 is 1.14 bits per heavy atom. The van der Waals surface area contributed by atoms with Crippen LogP contribution in [0.25, 0.3) is 0 Å². The van der Waals surface area contributed by atoms with Crippen molar-refractivity contribution < 1.29 is 22.7 Å². The van der Waals surface area contributed by atoms with Crippen LogP contribution in [0, 0.1) is 6.92 Å². The van der Waals surface area contributed by atoms with Gasteiger partial charge in [-0.3, -0.25) is 4.79 Å². The number of aromatic nitrogens is 1. The molecular weight excluding hydrogens is 371 g/mol. The number of benzene rings is 1. The minimum absolute atomic E-state index is 0.110. The Morgan fingerprint density at radius 2 is 1.86 bits per heavy atom. The van der Waals surface area contributed by atoms with Gasteiger partial charge in [0.15, 0.2) is 6.10 Å². The molecule has 1 atom stereocenters. The van der Waals surface area contributed by atoms with Gasteiger partial charge in [0.05, 0.1) is 5.56 Å². The number of alkyl halides is 3. The van der Waals surface area contributed by atoms with Gasteiger partial charge in [0.25, 0.3) is 5.91 Å². The van der Waals surface area contributed by atoms with Crippen LogP contribution in [0.4, 0.5) is 19.0 Å². The Kier molecular flexibility index (Phi) is 5.76. The number of hydrogen-bond donors (Lipinski definition) is 0. The summed E-state index contributed by atoms with van der Waals surface area (Å²) >= 11 is 0. The van der Waals surface area contributed by atoms with Crippen molar-refractivity contribution in [2.45, 2.75) is 26.1 Å². The first kappa shape index (κ1) is 20.0. The third-order valence-corrected chi connectivity index (χ3v) is 4.64. The van der Waals surface area contributed by atoms with E-state index in [1.54, 1.807) is 11.8 Å². The van der Waals surface area contributed by atoms with E-state index >= 15 is 0 Å². The maximum atomic E-state index is 12.6. The second-order valence-electron chi connectivity index (χ2n) is 6.79. The van der Waals surface area contributed by atoms with Crippen LogP contribution in [-0.4, -0.2) is 48.1 Å². The Labute approximate surface area is 161 Å². The van der Waals surface area contributed by atoms with Gasteiger partial charge >= 0.3 is 6.18 Å². The second kappa shape index (κ2) is 8.08. The van der Waals surface area contributed by atoms with Crippen LogP contribution in [0.5, 0.6) is 5.75 Å². The zero-order chi connectivity index (χ0) is 20.3. The van der Waals surface area contributed by atoms with Crippen molar-refractivity contribution in [1.29, 1.82) is 0 Å². The minimum Gasteiger partial charge on any atom is -0.481 e. The van der Waals surface area contributed by atoms with E-state index in [2.05, 4.69) is 4.98 Å². The highest BCUT2D eigenvalue weighted by Gasteiger charge is 2.31. The fraction of sp³-hybridized carbons (Fsp3) is 0.400. The van der Waals surface area contributed by atoms with Crippen molar-refractivity contribution in [3.63, 3.8) is 0 Å². The number of hydrogen-bond acceptors (Lipinski definition) is 4. The summed E-state index contributed by atoms with van der Waals surface area (Å²) in [6, 6.07) is 9.90. The van der Waals surface area contributed by atoms with E-state index in [1.165, 1.54) is 6.07 Å². The highest BCUT2D eigenvalue weighted by molar-refractivity contribution is 5.81. The highest BCUT2D eigenvalue weighted by atomic mass is 19.4. The number of pyridine rings is 1. The summed E-state index contributed by atoms with van der Waals surface area (Å²) in [5.41, 5.74) is 0.280. The molecule has 1 aliphatic rings. The van der Waals surface area contributed by atoms with Gasteiger partial charge in [-0.1, -0.05) is 12.1 Å². The molecule has 1 aromatic carbocycles. The number of nitrogens with zero attached hydrogens (tertiary/aromatic N) is 3. The summed E-state index contributed by atoms with van der Waals surface area (Å²) in [5.74, 6) is 1.01. The van der Waals surface area contributed by atoms with Crippen molar-refractivity contribution in [1.82, 2.24) is 9.88 Å². The standard InChI is InChI=1S/C20H22F3N3O2/c1-14-4-3-5-17(12-14)28-15(2)19(27)26-10-8-25(9-11-26)18-7-6-16(13-24-18)20(21,22)23/h3-7,12-13,15H,8-11H2,1-2H3/t15-/m1/s1. The van der Waals surface area contributed by atoms with Gasteiger partial charge in [0, 0.05) is 32.4 Å². The number of halogens is 3. The van der Waals surface area contributed by atoms with Crippen LogP contribution in [0.1, 0.15) is 18.1 Å². The topological polar surface area (TPSA) is 45.7 Å². The molecule has 0 aliphatic carbocycles. The Bertz CT molecular complexity index is 816. The molecule has 1 amide bonds. The van der Waals surface area contributed by atoms with E-state index in [-0.39, 0.29) is 5.91 Å². The lowest BCUT2D eigenvalue weighted by molar-refractivity contribution is -0.138. The Hall–Kier alpha value is -2.77. The zero-order valence-corrected chi connectivity index (χ0v) is 15.7.